The van der Waals surface area contributed by atoms with Crippen LogP contribution in [0.1, 0.15) is 28.2 Å². The number of aromatic nitrogens is 2. The number of amides is 1. The molecule has 0 bridgehead atoms. The summed E-state index contributed by atoms with van der Waals surface area (Å²) in [5.74, 6) is 0.625. The van der Waals surface area contributed by atoms with Gasteiger partial charge in [0.05, 0.1) is 0 Å². The summed E-state index contributed by atoms with van der Waals surface area (Å²) in [5.41, 5.74) is 3.44. The van der Waals surface area contributed by atoms with Crippen LogP contribution in [0.2, 0.25) is 0 Å². The number of anilines is 1. The molecule has 0 aliphatic carbocycles. The van der Waals surface area contributed by atoms with Crippen LogP contribution in [-0.2, 0) is 0 Å². The van der Waals surface area contributed by atoms with Crippen molar-refractivity contribution in [2.24, 2.45) is 0 Å². The SMILES string of the molecule is CNc1nc(C)cc(C(=O)N2CC=C(c3ccc(O)cc3)CC2)n1. The van der Waals surface area contributed by atoms with E-state index in [0.717, 1.165) is 17.7 Å². The normalized spacial score (nSPS) is 14.2. The molecule has 0 saturated heterocycles. The van der Waals surface area contributed by atoms with Crippen LogP contribution in [0.4, 0.5) is 5.95 Å². The van der Waals surface area contributed by atoms with Gasteiger partial charge < -0.3 is 15.3 Å². The number of phenolic OH excluding ortho intramolecular Hbond substituents is 1. The number of nitrogens with zero attached hydrogens (tertiary/aromatic N) is 3. The molecule has 1 aromatic heterocycles. The predicted molar refractivity (Wildman–Crippen MR) is 92.9 cm³/mol. The standard InChI is InChI=1S/C18H20N4O2/c1-12-11-16(21-18(19-2)20-12)17(24)22-9-7-14(8-10-22)13-3-5-15(23)6-4-13/h3-7,11,23H,8-10H2,1-2H3,(H,19,20,21). The van der Waals surface area contributed by atoms with Gasteiger partial charge in [0.2, 0.25) is 5.95 Å². The third-order valence-electron chi connectivity index (χ3n) is 4.03. The Morgan fingerprint density at radius 1 is 1.25 bits per heavy atom. The molecule has 0 fully saturated rings. The van der Waals surface area contributed by atoms with Crippen LogP contribution in [0, 0.1) is 6.92 Å². The second-order valence-corrected chi connectivity index (χ2v) is 5.75. The molecule has 3 rings (SSSR count). The molecule has 2 heterocycles. The largest absolute Gasteiger partial charge is 0.508 e. The van der Waals surface area contributed by atoms with Crippen LogP contribution < -0.4 is 5.32 Å². The van der Waals surface area contributed by atoms with Gasteiger partial charge in [-0.3, -0.25) is 4.79 Å². The molecule has 6 nitrogen and oxygen atoms in total. The molecule has 2 aromatic rings. The molecule has 1 aliphatic rings. The van der Waals surface area contributed by atoms with E-state index in [-0.39, 0.29) is 11.7 Å². The second kappa shape index (κ2) is 6.70. The van der Waals surface area contributed by atoms with Crippen LogP contribution in [0.5, 0.6) is 5.75 Å². The topological polar surface area (TPSA) is 78.4 Å². The lowest BCUT2D eigenvalue weighted by Crippen LogP contribution is -2.35. The molecule has 0 saturated carbocycles. The quantitative estimate of drug-likeness (QED) is 0.907. The summed E-state index contributed by atoms with van der Waals surface area (Å²) in [4.78, 5) is 22.9. The molecule has 6 heteroatoms. The summed E-state index contributed by atoms with van der Waals surface area (Å²) >= 11 is 0. The molecule has 1 aromatic carbocycles. The van der Waals surface area contributed by atoms with Crippen molar-refractivity contribution < 1.29 is 9.90 Å². The maximum atomic E-state index is 12.7. The first-order valence-corrected chi connectivity index (χ1v) is 7.88. The summed E-state index contributed by atoms with van der Waals surface area (Å²) in [6.45, 7) is 3.04. The number of hydrogen-bond donors (Lipinski definition) is 2. The van der Waals surface area contributed by atoms with Crippen molar-refractivity contribution in [1.82, 2.24) is 14.9 Å². The van der Waals surface area contributed by atoms with Gasteiger partial charge in [0.25, 0.3) is 5.91 Å². The van der Waals surface area contributed by atoms with E-state index in [1.807, 2.05) is 19.1 Å². The Balaban J connectivity index is 1.75. The van der Waals surface area contributed by atoms with Crippen LogP contribution in [-0.4, -0.2) is 46.0 Å². The van der Waals surface area contributed by atoms with Gasteiger partial charge in [0.15, 0.2) is 0 Å². The van der Waals surface area contributed by atoms with Gasteiger partial charge in [0, 0.05) is 25.8 Å². The minimum absolute atomic E-state index is 0.0852. The summed E-state index contributed by atoms with van der Waals surface area (Å²) < 4.78 is 0. The smallest absolute Gasteiger partial charge is 0.272 e. The van der Waals surface area contributed by atoms with Gasteiger partial charge in [-0.15, -0.1) is 0 Å². The molecule has 2 N–H and O–H groups in total. The Kier molecular flexibility index (Phi) is 4.46. The van der Waals surface area contributed by atoms with Gasteiger partial charge in [-0.2, -0.15) is 0 Å². The Morgan fingerprint density at radius 3 is 2.62 bits per heavy atom. The lowest BCUT2D eigenvalue weighted by Gasteiger charge is -2.26. The number of aryl methyl sites for hydroxylation is 1. The fraction of sp³-hybridized carbons (Fsp3) is 0.278. The summed E-state index contributed by atoms with van der Waals surface area (Å²) in [6, 6.07) is 8.85. The molecule has 124 valence electrons. The first kappa shape index (κ1) is 16.0. The third-order valence-corrected chi connectivity index (χ3v) is 4.03. The highest BCUT2D eigenvalue weighted by molar-refractivity contribution is 5.93. The van der Waals surface area contributed by atoms with Gasteiger partial charge in [-0.25, -0.2) is 9.97 Å². The Hall–Kier alpha value is -2.89. The number of carbonyl (C=O) groups excluding carboxylic acids is 1. The molecular weight excluding hydrogens is 304 g/mol. The molecule has 24 heavy (non-hydrogen) atoms. The first-order chi connectivity index (χ1) is 11.6. The van der Waals surface area contributed by atoms with Crippen LogP contribution in [0.3, 0.4) is 0 Å². The number of benzene rings is 1. The van der Waals surface area contributed by atoms with Crippen molar-refractivity contribution in [2.75, 3.05) is 25.5 Å². The van der Waals surface area contributed by atoms with Crippen LogP contribution >= 0.6 is 0 Å². The average molecular weight is 324 g/mol. The Labute approximate surface area is 140 Å². The monoisotopic (exact) mass is 324 g/mol. The average Bonchev–Trinajstić information content (AvgIpc) is 2.61. The number of hydrogen-bond acceptors (Lipinski definition) is 5. The summed E-state index contributed by atoms with van der Waals surface area (Å²) in [5, 5.41) is 12.2. The van der Waals surface area contributed by atoms with Crippen molar-refractivity contribution in [1.29, 1.82) is 0 Å². The molecule has 0 atom stereocenters. The second-order valence-electron chi connectivity index (χ2n) is 5.75. The van der Waals surface area contributed by atoms with Crippen molar-refractivity contribution in [3.63, 3.8) is 0 Å². The number of rotatable bonds is 3. The zero-order chi connectivity index (χ0) is 17.1. The molecule has 1 aliphatic heterocycles. The van der Waals surface area contributed by atoms with Gasteiger partial charge in [0.1, 0.15) is 11.4 Å². The number of carbonyl (C=O) groups is 1. The maximum absolute atomic E-state index is 12.7. The highest BCUT2D eigenvalue weighted by atomic mass is 16.3. The lowest BCUT2D eigenvalue weighted by molar-refractivity contribution is 0.0767. The van der Waals surface area contributed by atoms with Crippen LogP contribution in [0.25, 0.3) is 5.57 Å². The summed E-state index contributed by atoms with van der Waals surface area (Å²) in [6.07, 6.45) is 2.83. The van der Waals surface area contributed by atoms with E-state index in [0.29, 0.717) is 24.7 Å². The third kappa shape index (κ3) is 3.37. The number of phenols is 1. The van der Waals surface area contributed by atoms with Gasteiger partial charge in [-0.1, -0.05) is 18.2 Å². The lowest BCUT2D eigenvalue weighted by atomic mass is 9.99. The van der Waals surface area contributed by atoms with Gasteiger partial charge >= 0.3 is 0 Å². The summed E-state index contributed by atoms with van der Waals surface area (Å²) in [7, 11) is 1.73. The van der Waals surface area contributed by atoms with E-state index in [2.05, 4.69) is 21.4 Å². The zero-order valence-electron chi connectivity index (χ0n) is 13.8. The number of aromatic hydroxyl groups is 1. The molecule has 0 radical (unpaired) electrons. The highest BCUT2D eigenvalue weighted by Gasteiger charge is 2.21. The number of nitrogens with one attached hydrogen (secondary N) is 1. The minimum Gasteiger partial charge on any atom is -0.508 e. The van der Waals surface area contributed by atoms with E-state index in [1.165, 1.54) is 5.57 Å². The first-order valence-electron chi connectivity index (χ1n) is 7.88. The zero-order valence-corrected chi connectivity index (χ0v) is 13.8. The van der Waals surface area contributed by atoms with Crippen molar-refractivity contribution in [3.05, 3.63) is 53.4 Å². The fourth-order valence-corrected chi connectivity index (χ4v) is 2.74. The molecular formula is C18H20N4O2. The maximum Gasteiger partial charge on any atom is 0.272 e. The Bertz CT molecular complexity index is 784. The van der Waals surface area contributed by atoms with Gasteiger partial charge in [-0.05, 0) is 42.7 Å². The van der Waals surface area contributed by atoms with E-state index in [9.17, 15) is 9.90 Å². The van der Waals surface area contributed by atoms with E-state index >= 15 is 0 Å². The minimum atomic E-state index is -0.0852. The predicted octanol–water partition coefficient (Wildman–Crippen LogP) is 2.46. The molecule has 0 unspecified atom stereocenters. The van der Waals surface area contributed by atoms with Crippen molar-refractivity contribution >= 4 is 17.4 Å². The highest BCUT2D eigenvalue weighted by Crippen LogP contribution is 2.24. The Morgan fingerprint density at radius 2 is 2.00 bits per heavy atom. The van der Waals surface area contributed by atoms with E-state index < -0.39 is 0 Å². The van der Waals surface area contributed by atoms with Crippen molar-refractivity contribution in [3.8, 4) is 5.75 Å². The molecule has 1 amide bonds. The molecule has 0 spiro atoms. The van der Waals surface area contributed by atoms with E-state index in [4.69, 9.17) is 0 Å². The van der Waals surface area contributed by atoms with E-state index in [1.54, 1.807) is 30.1 Å². The van der Waals surface area contributed by atoms with Crippen LogP contribution in [0.15, 0.2) is 36.4 Å². The fourth-order valence-electron chi connectivity index (χ4n) is 2.74. The van der Waals surface area contributed by atoms with Crippen molar-refractivity contribution in [2.45, 2.75) is 13.3 Å².